The quantitative estimate of drug-likeness (QED) is 0.607. The minimum atomic E-state index is -0.403. The molecule has 0 N–H and O–H groups in total. The van der Waals surface area contributed by atoms with Crippen molar-refractivity contribution in [3.8, 4) is 5.75 Å². The molecule has 5 heteroatoms. The normalized spacial score (nSPS) is 10.4. The van der Waals surface area contributed by atoms with Crippen molar-refractivity contribution in [2.45, 2.75) is 27.3 Å². The molecule has 0 aliphatic carbocycles. The third kappa shape index (κ3) is 3.62. The number of aryl methyl sites for hydroxylation is 1. The van der Waals surface area contributed by atoms with Gasteiger partial charge in [0.1, 0.15) is 5.75 Å². The molecule has 2 rings (SSSR count). The molecule has 0 aliphatic rings. The highest BCUT2D eigenvalue weighted by Crippen LogP contribution is 2.17. The first-order valence-electron chi connectivity index (χ1n) is 7.49. The molecular weight excluding hydrogens is 294 g/mol. The monoisotopic (exact) mass is 315 g/mol. The number of aromatic nitrogens is 1. The van der Waals surface area contributed by atoms with Gasteiger partial charge in [0.15, 0.2) is 6.61 Å². The smallest absolute Gasteiger partial charge is 0.337 e. The molecule has 23 heavy (non-hydrogen) atoms. The fourth-order valence-electron chi connectivity index (χ4n) is 2.60. The van der Waals surface area contributed by atoms with Gasteiger partial charge in [-0.1, -0.05) is 0 Å². The van der Waals surface area contributed by atoms with Crippen molar-refractivity contribution in [1.29, 1.82) is 0 Å². The number of ether oxygens (including phenoxy) is 2. The maximum absolute atomic E-state index is 12.3. The molecule has 0 fully saturated rings. The molecule has 0 radical (unpaired) electrons. The largest absolute Gasteiger partial charge is 0.485 e. The molecule has 122 valence electrons. The Balaban J connectivity index is 2.03. The van der Waals surface area contributed by atoms with Crippen LogP contribution in [0.2, 0.25) is 0 Å². The van der Waals surface area contributed by atoms with E-state index in [-0.39, 0.29) is 12.4 Å². The van der Waals surface area contributed by atoms with Crippen LogP contribution >= 0.6 is 0 Å². The lowest BCUT2D eigenvalue weighted by Crippen LogP contribution is -2.13. The molecule has 1 aromatic carbocycles. The molecule has 0 aliphatic heterocycles. The first kappa shape index (κ1) is 16.8. The van der Waals surface area contributed by atoms with Crippen LogP contribution in [0.15, 0.2) is 30.3 Å². The SMILES string of the molecule is CCn1c(C)cc(C(=O)COc2ccc(C(=O)OC)cc2)c1C. The fraction of sp³-hybridized carbons (Fsp3) is 0.333. The van der Waals surface area contributed by atoms with Crippen LogP contribution < -0.4 is 4.74 Å². The summed E-state index contributed by atoms with van der Waals surface area (Å²) in [7, 11) is 1.33. The van der Waals surface area contributed by atoms with E-state index in [9.17, 15) is 9.59 Å². The standard InChI is InChI=1S/C18H21NO4/c1-5-19-12(2)10-16(13(19)3)17(20)11-23-15-8-6-14(7-9-15)18(21)22-4/h6-10H,5,11H2,1-4H3. The average molecular weight is 315 g/mol. The summed E-state index contributed by atoms with van der Waals surface area (Å²) in [4.78, 5) is 23.7. The Morgan fingerprint density at radius 3 is 2.30 bits per heavy atom. The number of ketones is 1. The number of methoxy groups -OCH3 is 1. The minimum absolute atomic E-state index is 0.0361. The zero-order valence-corrected chi connectivity index (χ0v) is 13.9. The van der Waals surface area contributed by atoms with E-state index in [0.717, 1.165) is 17.9 Å². The van der Waals surface area contributed by atoms with Gasteiger partial charge < -0.3 is 14.0 Å². The van der Waals surface area contributed by atoms with Crippen LogP contribution in [0.3, 0.4) is 0 Å². The van der Waals surface area contributed by atoms with Crippen LogP contribution in [0.4, 0.5) is 0 Å². The number of benzene rings is 1. The molecule has 5 nitrogen and oxygen atoms in total. The number of Topliss-reactive ketones (excluding diaryl/α,β-unsaturated/α-hetero) is 1. The predicted octanol–water partition coefficient (Wildman–Crippen LogP) is 3.17. The summed E-state index contributed by atoms with van der Waals surface area (Å²) < 4.78 is 12.2. The number of esters is 1. The van der Waals surface area contributed by atoms with E-state index in [1.54, 1.807) is 24.3 Å². The third-order valence-corrected chi connectivity index (χ3v) is 3.84. The highest BCUT2D eigenvalue weighted by molar-refractivity contribution is 5.98. The molecule has 1 aromatic heterocycles. The Kier molecular flexibility index (Phi) is 5.21. The molecule has 0 unspecified atom stereocenters. The van der Waals surface area contributed by atoms with Gasteiger partial charge in [-0.3, -0.25) is 4.79 Å². The number of rotatable bonds is 6. The van der Waals surface area contributed by atoms with Crippen LogP contribution in [-0.4, -0.2) is 30.0 Å². The van der Waals surface area contributed by atoms with Crippen molar-refractivity contribution < 1.29 is 19.1 Å². The molecule has 1 heterocycles. The van der Waals surface area contributed by atoms with Gasteiger partial charge in [-0.15, -0.1) is 0 Å². The third-order valence-electron chi connectivity index (χ3n) is 3.84. The Hall–Kier alpha value is -2.56. The zero-order valence-electron chi connectivity index (χ0n) is 13.9. The Morgan fingerprint density at radius 2 is 1.78 bits per heavy atom. The molecule has 0 saturated heterocycles. The van der Waals surface area contributed by atoms with Crippen LogP contribution in [-0.2, 0) is 11.3 Å². The fourth-order valence-corrected chi connectivity index (χ4v) is 2.60. The lowest BCUT2D eigenvalue weighted by molar-refractivity contribution is 0.0600. The van der Waals surface area contributed by atoms with Gasteiger partial charge in [0, 0.05) is 23.5 Å². The number of carbonyl (C=O) groups excluding carboxylic acids is 2. The maximum atomic E-state index is 12.3. The predicted molar refractivity (Wildman–Crippen MR) is 87.2 cm³/mol. The van der Waals surface area contributed by atoms with Gasteiger partial charge in [0.2, 0.25) is 5.78 Å². The van der Waals surface area contributed by atoms with Crippen molar-refractivity contribution in [2.24, 2.45) is 0 Å². The van der Waals surface area contributed by atoms with Crippen molar-refractivity contribution >= 4 is 11.8 Å². The van der Waals surface area contributed by atoms with E-state index in [2.05, 4.69) is 9.30 Å². The zero-order chi connectivity index (χ0) is 17.0. The Bertz CT molecular complexity index is 713. The summed E-state index contributed by atoms with van der Waals surface area (Å²) in [6, 6.07) is 8.40. The lowest BCUT2D eigenvalue weighted by Gasteiger charge is -2.07. The van der Waals surface area contributed by atoms with E-state index >= 15 is 0 Å². The highest BCUT2D eigenvalue weighted by Gasteiger charge is 2.15. The van der Waals surface area contributed by atoms with Gasteiger partial charge in [-0.05, 0) is 51.1 Å². The lowest BCUT2D eigenvalue weighted by atomic mass is 10.1. The van der Waals surface area contributed by atoms with Crippen molar-refractivity contribution in [3.05, 3.63) is 52.8 Å². The maximum Gasteiger partial charge on any atom is 0.337 e. The van der Waals surface area contributed by atoms with Gasteiger partial charge in [0.05, 0.1) is 12.7 Å². The molecular formula is C18H21NO4. The van der Waals surface area contributed by atoms with Crippen molar-refractivity contribution in [2.75, 3.05) is 13.7 Å². The molecule has 0 spiro atoms. The summed E-state index contributed by atoms with van der Waals surface area (Å²) in [6.45, 7) is 6.77. The van der Waals surface area contributed by atoms with E-state index in [1.165, 1.54) is 7.11 Å². The molecule has 0 amide bonds. The summed E-state index contributed by atoms with van der Waals surface area (Å²) in [5, 5.41) is 0. The number of hydrogen-bond acceptors (Lipinski definition) is 4. The number of carbonyl (C=O) groups is 2. The molecule has 2 aromatic rings. The highest BCUT2D eigenvalue weighted by atomic mass is 16.5. The Morgan fingerprint density at radius 1 is 1.13 bits per heavy atom. The summed E-state index contributed by atoms with van der Waals surface area (Å²) in [5.41, 5.74) is 3.16. The van der Waals surface area contributed by atoms with Gasteiger partial charge in [-0.2, -0.15) is 0 Å². The summed E-state index contributed by atoms with van der Waals surface area (Å²) >= 11 is 0. The molecule has 0 bridgehead atoms. The topological polar surface area (TPSA) is 57.5 Å². The van der Waals surface area contributed by atoms with Crippen LogP contribution in [0.25, 0.3) is 0 Å². The summed E-state index contributed by atoms with van der Waals surface area (Å²) in [5.74, 6) is 0.0739. The van der Waals surface area contributed by atoms with E-state index < -0.39 is 5.97 Å². The second-order valence-corrected chi connectivity index (χ2v) is 5.26. The number of hydrogen-bond donors (Lipinski definition) is 0. The molecule has 0 saturated carbocycles. The van der Waals surface area contributed by atoms with E-state index in [1.807, 2.05) is 26.8 Å². The first-order valence-corrected chi connectivity index (χ1v) is 7.49. The van der Waals surface area contributed by atoms with Gasteiger partial charge in [-0.25, -0.2) is 4.79 Å². The van der Waals surface area contributed by atoms with E-state index in [0.29, 0.717) is 16.9 Å². The Labute approximate surface area is 135 Å². The first-order chi connectivity index (χ1) is 11.0. The molecule has 0 atom stereocenters. The second kappa shape index (κ2) is 7.13. The van der Waals surface area contributed by atoms with Gasteiger partial charge in [0.25, 0.3) is 0 Å². The van der Waals surface area contributed by atoms with Crippen molar-refractivity contribution in [1.82, 2.24) is 4.57 Å². The number of nitrogens with zero attached hydrogens (tertiary/aromatic N) is 1. The minimum Gasteiger partial charge on any atom is -0.485 e. The summed E-state index contributed by atoms with van der Waals surface area (Å²) in [6.07, 6.45) is 0. The second-order valence-electron chi connectivity index (χ2n) is 5.26. The van der Waals surface area contributed by atoms with Crippen LogP contribution in [0.1, 0.15) is 39.0 Å². The van der Waals surface area contributed by atoms with Crippen molar-refractivity contribution in [3.63, 3.8) is 0 Å². The van der Waals surface area contributed by atoms with Gasteiger partial charge >= 0.3 is 5.97 Å². The van der Waals surface area contributed by atoms with Crippen LogP contribution in [0.5, 0.6) is 5.75 Å². The average Bonchev–Trinajstić information content (AvgIpc) is 2.86. The van der Waals surface area contributed by atoms with Crippen LogP contribution in [0, 0.1) is 13.8 Å². The van der Waals surface area contributed by atoms with E-state index in [4.69, 9.17) is 4.74 Å².